The van der Waals surface area contributed by atoms with E-state index in [1.807, 2.05) is 13.8 Å². The molecule has 0 aliphatic carbocycles. The molecule has 8 heteroatoms. The zero-order chi connectivity index (χ0) is 25.0. The molecule has 1 spiro atoms. The standard InChI is InChI=1S/C26H40N2O5S/c1-6-8-15-33-25(32)20-19-16-18(5)26(34-19)21(20)23(30)28(13-10-9-11-14-29)22(26)24(31)27(12-7-2)17(3)4/h6-7,17-22,29H,1-2,8-16H2,3-5H3/t18?,19-,20+,21-,22?,26?/m0/s1. The van der Waals surface area contributed by atoms with Crippen molar-refractivity contribution in [2.45, 2.75) is 75.0 Å². The van der Waals surface area contributed by atoms with Gasteiger partial charge in [-0.1, -0.05) is 19.1 Å². The van der Waals surface area contributed by atoms with E-state index in [2.05, 4.69) is 20.1 Å². The minimum absolute atomic E-state index is 0.0149. The summed E-state index contributed by atoms with van der Waals surface area (Å²) in [6, 6.07) is -0.650. The number of unbranched alkanes of at least 4 members (excludes halogenated alkanes) is 2. The lowest BCUT2D eigenvalue weighted by Gasteiger charge is -2.41. The van der Waals surface area contributed by atoms with Crippen molar-refractivity contribution >= 4 is 29.5 Å². The van der Waals surface area contributed by atoms with Gasteiger partial charge in [0.15, 0.2) is 0 Å². The topological polar surface area (TPSA) is 87.2 Å². The van der Waals surface area contributed by atoms with Gasteiger partial charge < -0.3 is 19.6 Å². The van der Waals surface area contributed by atoms with Crippen LogP contribution < -0.4 is 0 Å². The van der Waals surface area contributed by atoms with E-state index < -0.39 is 22.6 Å². The summed E-state index contributed by atoms with van der Waals surface area (Å²) in [5.41, 5.74) is 0. The number of thioether (sulfide) groups is 1. The van der Waals surface area contributed by atoms with E-state index in [1.54, 1.807) is 33.7 Å². The van der Waals surface area contributed by atoms with Gasteiger partial charge in [-0.15, -0.1) is 24.9 Å². The summed E-state index contributed by atoms with van der Waals surface area (Å²) in [6.07, 6.45) is 6.93. The van der Waals surface area contributed by atoms with Crippen LogP contribution in [-0.2, 0) is 19.1 Å². The number of likely N-dealkylation sites (tertiary alicyclic amines) is 1. The number of hydrogen-bond acceptors (Lipinski definition) is 6. The maximum Gasteiger partial charge on any atom is 0.310 e. The lowest BCUT2D eigenvalue weighted by molar-refractivity contribution is -0.154. The molecule has 190 valence electrons. The first-order chi connectivity index (χ1) is 16.3. The van der Waals surface area contributed by atoms with Gasteiger partial charge in [0.05, 0.1) is 23.2 Å². The van der Waals surface area contributed by atoms with Crippen LogP contribution in [0.3, 0.4) is 0 Å². The lowest BCUT2D eigenvalue weighted by Crippen LogP contribution is -2.58. The Morgan fingerprint density at radius 2 is 2.03 bits per heavy atom. The predicted molar refractivity (Wildman–Crippen MR) is 134 cm³/mol. The molecule has 3 saturated heterocycles. The zero-order valence-electron chi connectivity index (χ0n) is 20.8. The van der Waals surface area contributed by atoms with Gasteiger partial charge in [0.25, 0.3) is 0 Å². The Bertz CT molecular complexity index is 802. The first-order valence-electron chi connectivity index (χ1n) is 12.5. The molecule has 2 amide bonds. The third kappa shape index (κ3) is 4.55. The Morgan fingerprint density at radius 1 is 1.29 bits per heavy atom. The minimum atomic E-state index is -0.633. The molecule has 1 N–H and O–H groups in total. The SMILES string of the molecule is C=CCCOC(=O)[C@@H]1[C@@H]2CC(C)C3(S2)C(C(=O)N(CC=C)C(C)C)N(CCCCCO)C(=O)[C@H]13. The number of ether oxygens (including phenoxy) is 1. The average molecular weight is 493 g/mol. The van der Waals surface area contributed by atoms with Crippen molar-refractivity contribution in [3.63, 3.8) is 0 Å². The van der Waals surface area contributed by atoms with Crippen molar-refractivity contribution in [2.24, 2.45) is 17.8 Å². The number of carbonyl (C=O) groups excluding carboxylic acids is 3. The fraction of sp³-hybridized carbons (Fsp3) is 0.731. The van der Waals surface area contributed by atoms with Crippen LogP contribution in [0.4, 0.5) is 0 Å². The highest BCUT2D eigenvalue weighted by Crippen LogP contribution is 2.68. The number of carbonyl (C=O) groups is 3. The van der Waals surface area contributed by atoms with Gasteiger partial charge in [0.1, 0.15) is 6.04 Å². The van der Waals surface area contributed by atoms with Crippen molar-refractivity contribution in [3.05, 3.63) is 25.3 Å². The van der Waals surface area contributed by atoms with E-state index in [1.165, 1.54) is 0 Å². The number of amides is 2. The lowest BCUT2D eigenvalue weighted by atomic mass is 9.66. The van der Waals surface area contributed by atoms with Crippen LogP contribution in [-0.4, -0.2) is 81.1 Å². The predicted octanol–water partition coefficient (Wildman–Crippen LogP) is 3.03. The quantitative estimate of drug-likeness (QED) is 0.242. The summed E-state index contributed by atoms with van der Waals surface area (Å²) in [4.78, 5) is 44.7. The number of rotatable bonds is 13. The average Bonchev–Trinajstić information content (AvgIpc) is 3.38. The Labute approximate surface area is 208 Å². The van der Waals surface area contributed by atoms with Crippen LogP contribution in [0.2, 0.25) is 0 Å². The second-order valence-corrected chi connectivity index (χ2v) is 11.5. The molecular weight excluding hydrogens is 452 g/mol. The fourth-order valence-corrected chi connectivity index (χ4v) is 8.47. The molecule has 6 atom stereocenters. The van der Waals surface area contributed by atoms with Crippen LogP contribution in [0.15, 0.2) is 25.3 Å². The monoisotopic (exact) mass is 492 g/mol. The summed E-state index contributed by atoms with van der Waals surface area (Å²) >= 11 is 1.67. The third-order valence-electron chi connectivity index (χ3n) is 7.61. The van der Waals surface area contributed by atoms with Gasteiger partial charge in [-0.2, -0.15) is 0 Å². The summed E-state index contributed by atoms with van der Waals surface area (Å²) in [5.74, 6) is -1.44. The van der Waals surface area contributed by atoms with Gasteiger partial charge in [0.2, 0.25) is 11.8 Å². The van der Waals surface area contributed by atoms with E-state index in [0.29, 0.717) is 32.4 Å². The molecule has 0 aromatic carbocycles. The maximum absolute atomic E-state index is 14.1. The molecule has 34 heavy (non-hydrogen) atoms. The first kappa shape index (κ1) is 26.8. The molecule has 2 bridgehead atoms. The Kier molecular flexibility index (Phi) is 8.90. The number of hydrogen-bond donors (Lipinski definition) is 1. The first-order valence-corrected chi connectivity index (χ1v) is 13.4. The summed E-state index contributed by atoms with van der Waals surface area (Å²) < 4.78 is 4.91. The molecule has 3 rings (SSSR count). The van der Waals surface area contributed by atoms with Crippen LogP contribution >= 0.6 is 11.8 Å². The number of nitrogens with zero attached hydrogens (tertiary/aromatic N) is 2. The van der Waals surface area contributed by atoms with Crippen LogP contribution in [0.25, 0.3) is 0 Å². The highest BCUT2D eigenvalue weighted by molar-refractivity contribution is 8.02. The van der Waals surface area contributed by atoms with Gasteiger partial charge in [-0.3, -0.25) is 14.4 Å². The molecule has 3 heterocycles. The van der Waals surface area contributed by atoms with Crippen molar-refractivity contribution in [3.8, 4) is 0 Å². The summed E-state index contributed by atoms with van der Waals surface area (Å²) in [6.45, 7) is 14.8. The van der Waals surface area contributed by atoms with E-state index in [0.717, 1.165) is 12.8 Å². The molecule has 0 aromatic heterocycles. The van der Waals surface area contributed by atoms with E-state index in [9.17, 15) is 14.4 Å². The Balaban J connectivity index is 1.98. The Hall–Kier alpha value is -1.80. The molecule has 3 aliphatic rings. The van der Waals surface area contributed by atoms with E-state index in [4.69, 9.17) is 9.84 Å². The van der Waals surface area contributed by atoms with Crippen LogP contribution in [0, 0.1) is 17.8 Å². The highest BCUT2D eigenvalue weighted by atomic mass is 32.2. The van der Waals surface area contributed by atoms with E-state index >= 15 is 0 Å². The van der Waals surface area contributed by atoms with E-state index in [-0.39, 0.29) is 48.2 Å². The maximum atomic E-state index is 14.1. The molecule has 0 aromatic rings. The van der Waals surface area contributed by atoms with Gasteiger partial charge >= 0.3 is 5.97 Å². The summed E-state index contributed by atoms with van der Waals surface area (Å²) in [7, 11) is 0. The van der Waals surface area contributed by atoms with Crippen LogP contribution in [0.1, 0.15) is 52.9 Å². The number of aliphatic hydroxyl groups excluding tert-OH is 1. The molecular formula is C26H40N2O5S. The molecule has 0 radical (unpaired) electrons. The minimum Gasteiger partial charge on any atom is -0.465 e. The van der Waals surface area contributed by atoms with Crippen LogP contribution in [0.5, 0.6) is 0 Å². The molecule has 0 saturated carbocycles. The highest BCUT2D eigenvalue weighted by Gasteiger charge is 2.76. The normalized spacial score (nSPS) is 31.6. The smallest absolute Gasteiger partial charge is 0.310 e. The number of esters is 1. The van der Waals surface area contributed by atoms with Crippen molar-refractivity contribution in [2.75, 3.05) is 26.3 Å². The molecule has 3 fully saturated rings. The fourth-order valence-electron chi connectivity index (χ4n) is 6.07. The Morgan fingerprint density at radius 3 is 2.65 bits per heavy atom. The van der Waals surface area contributed by atoms with Gasteiger partial charge in [-0.25, -0.2) is 0 Å². The molecule has 3 unspecified atom stereocenters. The van der Waals surface area contributed by atoms with Crippen molar-refractivity contribution < 1.29 is 24.2 Å². The largest absolute Gasteiger partial charge is 0.465 e. The number of fused-ring (bicyclic) bond motifs is 1. The number of aliphatic hydroxyl groups is 1. The van der Waals surface area contributed by atoms with Gasteiger partial charge in [0, 0.05) is 31.0 Å². The summed E-state index contributed by atoms with van der Waals surface area (Å²) in [5, 5.41) is 9.15. The second kappa shape index (κ2) is 11.3. The van der Waals surface area contributed by atoms with Crippen molar-refractivity contribution in [1.29, 1.82) is 0 Å². The second-order valence-electron chi connectivity index (χ2n) is 9.99. The third-order valence-corrected chi connectivity index (χ3v) is 9.68. The molecule has 3 aliphatic heterocycles. The zero-order valence-corrected chi connectivity index (χ0v) is 21.6. The van der Waals surface area contributed by atoms with Crippen molar-refractivity contribution in [1.82, 2.24) is 9.80 Å². The van der Waals surface area contributed by atoms with Gasteiger partial charge in [-0.05, 0) is 51.9 Å². The molecule has 7 nitrogen and oxygen atoms in total.